The van der Waals surface area contributed by atoms with Crippen LogP contribution in [-0.2, 0) is 11.3 Å². The van der Waals surface area contributed by atoms with E-state index in [2.05, 4.69) is 52.6 Å². The highest BCUT2D eigenvalue weighted by Crippen LogP contribution is 2.29. The van der Waals surface area contributed by atoms with Crippen LogP contribution in [-0.4, -0.2) is 18.2 Å². The zero-order valence-electron chi connectivity index (χ0n) is 23.4. The van der Waals surface area contributed by atoms with Crippen LogP contribution >= 0.6 is 11.6 Å². The van der Waals surface area contributed by atoms with Gasteiger partial charge in [-0.3, -0.25) is 4.98 Å². The number of allylic oxidation sites excluding steroid dienone is 2. The fraction of sp³-hybridized carbons (Fsp3) is 0.594. The van der Waals surface area contributed by atoms with Gasteiger partial charge in [-0.1, -0.05) is 76.9 Å². The maximum absolute atomic E-state index is 6.19. The molecule has 1 aliphatic carbocycles. The number of hydrogen-bond acceptors (Lipinski definition) is 3. The zero-order chi connectivity index (χ0) is 26.3. The molecular formula is C32H48ClNO2. The standard InChI is InChI=1S/C15H16ClNO.C9H16.C8H16O/c1-11(2)12-6-7-15(14(16)9-12)18-10-13-5-3-4-8-17-13;1-8(2)9-6-4-3-5-7-9;1-7(2)8-3-5-9-6-4-8/h3-9,11H,10H2,1-2H3;6,8H,3-5,7H2,1-2H3;7-8H,3-6H2,1-2H3. The monoisotopic (exact) mass is 513 g/mol. The van der Waals surface area contributed by atoms with Gasteiger partial charge in [-0.15, -0.1) is 0 Å². The average molecular weight is 514 g/mol. The van der Waals surface area contributed by atoms with Gasteiger partial charge in [-0.05, 0) is 92.0 Å². The Morgan fingerprint density at radius 2 is 1.72 bits per heavy atom. The Bertz CT molecular complexity index is 886. The largest absolute Gasteiger partial charge is 0.486 e. The van der Waals surface area contributed by atoms with Crippen molar-refractivity contribution in [3.05, 3.63) is 70.5 Å². The lowest BCUT2D eigenvalue weighted by molar-refractivity contribution is 0.0523. The highest BCUT2D eigenvalue weighted by molar-refractivity contribution is 6.32. The first kappa shape index (κ1) is 30.4. The van der Waals surface area contributed by atoms with Crippen molar-refractivity contribution in [3.63, 3.8) is 0 Å². The minimum Gasteiger partial charge on any atom is -0.486 e. The minimum atomic E-state index is 0.432. The SMILES string of the molecule is CC(C)C1=CCCCC1.CC(C)C1CCOCC1.CC(C)c1ccc(OCc2ccccn2)c(Cl)c1. The summed E-state index contributed by atoms with van der Waals surface area (Å²) in [5, 5.41) is 0.650. The average Bonchev–Trinajstić information content (AvgIpc) is 2.90. The summed E-state index contributed by atoms with van der Waals surface area (Å²) in [4.78, 5) is 4.20. The summed E-state index contributed by atoms with van der Waals surface area (Å²) in [5.74, 6) is 3.75. The lowest BCUT2D eigenvalue weighted by Gasteiger charge is -2.24. The van der Waals surface area contributed by atoms with Gasteiger partial charge in [0.15, 0.2) is 0 Å². The molecule has 1 aromatic heterocycles. The van der Waals surface area contributed by atoms with Crippen molar-refractivity contribution in [2.75, 3.05) is 13.2 Å². The molecular weight excluding hydrogens is 466 g/mol. The van der Waals surface area contributed by atoms with Crippen LogP contribution in [0.2, 0.25) is 5.02 Å². The fourth-order valence-electron chi connectivity index (χ4n) is 4.40. The molecule has 0 unspecified atom stereocenters. The first-order chi connectivity index (χ1) is 17.3. The molecule has 0 spiro atoms. The number of ether oxygens (including phenoxy) is 2. The third kappa shape index (κ3) is 11.5. The van der Waals surface area contributed by atoms with Gasteiger partial charge in [0.2, 0.25) is 0 Å². The minimum absolute atomic E-state index is 0.432. The molecule has 36 heavy (non-hydrogen) atoms. The van der Waals surface area contributed by atoms with Crippen LogP contribution in [0.5, 0.6) is 5.75 Å². The van der Waals surface area contributed by atoms with Gasteiger partial charge in [-0.25, -0.2) is 0 Å². The molecule has 2 aliphatic rings. The third-order valence-electron chi connectivity index (χ3n) is 7.00. The van der Waals surface area contributed by atoms with Crippen LogP contribution in [0.25, 0.3) is 0 Å². The van der Waals surface area contributed by atoms with Crippen LogP contribution in [0.1, 0.15) is 97.2 Å². The summed E-state index contributed by atoms with van der Waals surface area (Å²) in [7, 11) is 0. The number of aromatic nitrogens is 1. The summed E-state index contributed by atoms with van der Waals surface area (Å²) in [5.41, 5.74) is 3.79. The predicted molar refractivity (Wildman–Crippen MR) is 154 cm³/mol. The molecule has 4 rings (SSSR count). The highest BCUT2D eigenvalue weighted by atomic mass is 35.5. The zero-order valence-corrected chi connectivity index (χ0v) is 24.2. The second-order valence-corrected chi connectivity index (χ2v) is 11.2. The van der Waals surface area contributed by atoms with E-state index in [1.54, 1.807) is 11.8 Å². The van der Waals surface area contributed by atoms with E-state index >= 15 is 0 Å². The Hall–Kier alpha value is -1.84. The third-order valence-corrected chi connectivity index (χ3v) is 7.30. The Morgan fingerprint density at radius 1 is 0.972 bits per heavy atom. The molecule has 200 valence electrons. The second kappa shape index (κ2) is 16.8. The van der Waals surface area contributed by atoms with Crippen LogP contribution in [0, 0.1) is 17.8 Å². The lowest BCUT2D eigenvalue weighted by atomic mass is 9.89. The fourth-order valence-corrected chi connectivity index (χ4v) is 4.64. The molecule has 0 bridgehead atoms. The highest BCUT2D eigenvalue weighted by Gasteiger charge is 2.16. The molecule has 4 heteroatoms. The molecule has 1 saturated heterocycles. The Kier molecular flexibility index (Phi) is 14.2. The van der Waals surface area contributed by atoms with Gasteiger partial charge in [0, 0.05) is 19.4 Å². The van der Waals surface area contributed by atoms with Crippen LogP contribution < -0.4 is 4.74 Å². The van der Waals surface area contributed by atoms with Gasteiger partial charge in [0.25, 0.3) is 0 Å². The number of halogens is 1. The van der Waals surface area contributed by atoms with Crippen molar-refractivity contribution >= 4 is 11.6 Å². The van der Waals surface area contributed by atoms with E-state index in [0.29, 0.717) is 23.3 Å². The number of pyridine rings is 1. The van der Waals surface area contributed by atoms with Crippen molar-refractivity contribution in [1.29, 1.82) is 0 Å². The van der Waals surface area contributed by atoms with Gasteiger partial charge >= 0.3 is 0 Å². The first-order valence-corrected chi connectivity index (χ1v) is 14.2. The normalized spacial score (nSPS) is 16.1. The van der Waals surface area contributed by atoms with Crippen molar-refractivity contribution in [2.24, 2.45) is 17.8 Å². The molecule has 0 saturated carbocycles. The summed E-state index contributed by atoms with van der Waals surface area (Å²) in [6.45, 7) is 15.9. The molecule has 0 N–H and O–H groups in total. The number of rotatable bonds is 6. The summed E-state index contributed by atoms with van der Waals surface area (Å²) in [6.07, 6.45) is 12.2. The molecule has 2 heterocycles. The van der Waals surface area contributed by atoms with Crippen molar-refractivity contribution < 1.29 is 9.47 Å². The maximum Gasteiger partial charge on any atom is 0.138 e. The lowest BCUT2D eigenvalue weighted by Crippen LogP contribution is -2.19. The topological polar surface area (TPSA) is 31.4 Å². The van der Waals surface area contributed by atoms with Crippen molar-refractivity contribution in [1.82, 2.24) is 4.98 Å². The molecule has 1 aromatic carbocycles. The molecule has 0 radical (unpaired) electrons. The van der Waals surface area contributed by atoms with Crippen LogP contribution in [0.3, 0.4) is 0 Å². The maximum atomic E-state index is 6.19. The molecule has 0 atom stereocenters. The van der Waals surface area contributed by atoms with E-state index < -0.39 is 0 Å². The molecule has 1 aliphatic heterocycles. The second-order valence-electron chi connectivity index (χ2n) is 10.8. The van der Waals surface area contributed by atoms with Gasteiger partial charge < -0.3 is 9.47 Å². The predicted octanol–water partition coefficient (Wildman–Crippen LogP) is 9.65. The van der Waals surface area contributed by atoms with E-state index in [9.17, 15) is 0 Å². The van der Waals surface area contributed by atoms with Crippen LogP contribution in [0.4, 0.5) is 0 Å². The first-order valence-electron chi connectivity index (χ1n) is 13.9. The van der Waals surface area contributed by atoms with Crippen molar-refractivity contribution in [3.8, 4) is 5.75 Å². The van der Waals surface area contributed by atoms with Gasteiger partial charge in [0.1, 0.15) is 12.4 Å². The van der Waals surface area contributed by atoms with E-state index in [1.807, 2.05) is 36.4 Å². The summed E-state index contributed by atoms with van der Waals surface area (Å²) < 4.78 is 10.9. The van der Waals surface area contributed by atoms with E-state index in [-0.39, 0.29) is 0 Å². The van der Waals surface area contributed by atoms with Gasteiger partial charge in [0.05, 0.1) is 10.7 Å². The number of hydrogen-bond donors (Lipinski definition) is 0. The van der Waals surface area contributed by atoms with E-state index in [0.717, 1.165) is 36.7 Å². The van der Waals surface area contributed by atoms with E-state index in [4.69, 9.17) is 21.1 Å². The molecule has 2 aromatic rings. The molecule has 0 amide bonds. The van der Waals surface area contributed by atoms with E-state index in [1.165, 1.54) is 44.1 Å². The Labute approximate surface area is 225 Å². The number of nitrogens with zero attached hydrogens (tertiary/aromatic N) is 1. The quantitative estimate of drug-likeness (QED) is 0.360. The smallest absolute Gasteiger partial charge is 0.138 e. The summed E-state index contributed by atoms with van der Waals surface area (Å²) in [6, 6.07) is 11.7. The van der Waals surface area contributed by atoms with Crippen molar-refractivity contribution in [2.45, 2.75) is 92.6 Å². The molecule has 1 fully saturated rings. The summed E-state index contributed by atoms with van der Waals surface area (Å²) >= 11 is 6.19. The number of benzene rings is 1. The molecule has 3 nitrogen and oxygen atoms in total. The Morgan fingerprint density at radius 3 is 2.19 bits per heavy atom. The Balaban J connectivity index is 0.000000212. The van der Waals surface area contributed by atoms with Gasteiger partial charge in [-0.2, -0.15) is 0 Å². The van der Waals surface area contributed by atoms with Crippen LogP contribution in [0.15, 0.2) is 54.2 Å².